The molecule has 4 N–H and O–H groups in total. The summed E-state index contributed by atoms with van der Waals surface area (Å²) in [6.07, 6.45) is 0.743. The summed E-state index contributed by atoms with van der Waals surface area (Å²) in [5, 5.41) is 5.01. The number of carbonyl (C=O) groups excluding carboxylic acids is 3. The Hall–Kier alpha value is -2.21. The normalized spacial score (nSPS) is 18.5. The van der Waals surface area contributed by atoms with Crippen LogP contribution in [-0.4, -0.2) is 23.3 Å². The van der Waals surface area contributed by atoms with Crippen molar-refractivity contribution in [2.75, 3.05) is 5.32 Å². The van der Waals surface area contributed by atoms with Crippen molar-refractivity contribution < 1.29 is 14.4 Å². The monoisotopic (exact) mass is 289 g/mol. The Bertz CT molecular complexity index is 573. The molecule has 0 aromatic heterocycles. The Morgan fingerprint density at radius 3 is 2.43 bits per heavy atom. The number of benzene rings is 1. The van der Waals surface area contributed by atoms with Crippen LogP contribution in [0.1, 0.15) is 25.8 Å². The molecule has 1 atom stereocenters. The van der Waals surface area contributed by atoms with E-state index in [1.165, 1.54) is 0 Å². The smallest absolute Gasteiger partial charge is 0.243 e. The van der Waals surface area contributed by atoms with Gasteiger partial charge in [0.25, 0.3) is 0 Å². The molecule has 112 valence electrons. The largest absolute Gasteiger partial charge is 0.325 e. The average Bonchev–Trinajstić information content (AvgIpc) is 2.69. The molecule has 0 saturated carbocycles. The van der Waals surface area contributed by atoms with Crippen LogP contribution in [0.4, 0.5) is 5.69 Å². The van der Waals surface area contributed by atoms with Gasteiger partial charge in [0, 0.05) is 12.1 Å². The Kier molecular flexibility index (Phi) is 4.09. The first kappa shape index (κ1) is 15.2. The van der Waals surface area contributed by atoms with Crippen LogP contribution in [0.25, 0.3) is 0 Å². The summed E-state index contributed by atoms with van der Waals surface area (Å²) in [6, 6.07) is 7.17. The van der Waals surface area contributed by atoms with Crippen LogP contribution >= 0.6 is 0 Å². The van der Waals surface area contributed by atoms with Gasteiger partial charge in [0.2, 0.25) is 17.7 Å². The lowest BCUT2D eigenvalue weighted by Gasteiger charge is -2.18. The molecule has 1 saturated heterocycles. The van der Waals surface area contributed by atoms with Crippen LogP contribution in [0.3, 0.4) is 0 Å². The van der Waals surface area contributed by atoms with Crippen molar-refractivity contribution in [2.45, 2.75) is 32.2 Å². The number of nitrogens with two attached hydrogens (primary N) is 1. The predicted molar refractivity (Wildman–Crippen MR) is 78.3 cm³/mol. The Morgan fingerprint density at radius 2 is 1.95 bits per heavy atom. The van der Waals surface area contributed by atoms with Crippen LogP contribution < -0.4 is 16.4 Å². The maximum atomic E-state index is 11.8. The molecule has 1 fully saturated rings. The molecule has 0 aliphatic carbocycles. The quantitative estimate of drug-likeness (QED) is 0.705. The Balaban J connectivity index is 1.98. The zero-order valence-corrected chi connectivity index (χ0v) is 12.1. The minimum atomic E-state index is -0.943. The Morgan fingerprint density at radius 1 is 1.33 bits per heavy atom. The van der Waals surface area contributed by atoms with E-state index in [-0.39, 0.29) is 30.1 Å². The molecule has 6 nitrogen and oxygen atoms in total. The number of nitrogens with one attached hydrogen (secondary N) is 2. The van der Waals surface area contributed by atoms with Gasteiger partial charge >= 0.3 is 0 Å². The highest BCUT2D eigenvalue weighted by atomic mass is 16.2. The summed E-state index contributed by atoms with van der Waals surface area (Å²) in [4.78, 5) is 34.4. The van der Waals surface area contributed by atoms with Gasteiger partial charge in [-0.15, -0.1) is 0 Å². The highest BCUT2D eigenvalue weighted by Crippen LogP contribution is 2.19. The molecule has 1 aromatic carbocycles. The number of anilines is 1. The van der Waals surface area contributed by atoms with Crippen molar-refractivity contribution in [1.82, 2.24) is 5.32 Å². The maximum Gasteiger partial charge on any atom is 0.243 e. The Labute approximate surface area is 123 Å². The molecule has 1 aliphatic heterocycles. The van der Waals surface area contributed by atoms with Crippen molar-refractivity contribution in [2.24, 2.45) is 11.7 Å². The molecule has 3 amide bonds. The van der Waals surface area contributed by atoms with Gasteiger partial charge in [-0.3, -0.25) is 19.7 Å². The SMILES string of the molecule is CC(C)(N)C(=O)Nc1ccc(CC2CC(=O)NC2=O)cc1. The third-order valence-corrected chi connectivity index (χ3v) is 3.34. The molecule has 6 heteroatoms. The fourth-order valence-corrected chi connectivity index (χ4v) is 2.07. The molecule has 0 bridgehead atoms. The maximum absolute atomic E-state index is 11.8. The van der Waals surface area contributed by atoms with E-state index in [0.717, 1.165) is 5.56 Å². The predicted octanol–water partition coefficient (Wildman–Crippen LogP) is 0.568. The number of amides is 3. The highest BCUT2D eigenvalue weighted by molar-refractivity contribution is 6.03. The fourth-order valence-electron chi connectivity index (χ4n) is 2.07. The van der Waals surface area contributed by atoms with Crippen molar-refractivity contribution in [3.63, 3.8) is 0 Å². The summed E-state index contributed by atoms with van der Waals surface area (Å²) in [7, 11) is 0. The number of rotatable bonds is 4. The molecular formula is C15H19N3O3. The lowest BCUT2D eigenvalue weighted by atomic mass is 9.98. The van der Waals surface area contributed by atoms with Gasteiger partial charge in [-0.1, -0.05) is 12.1 Å². The van der Waals surface area contributed by atoms with Crippen molar-refractivity contribution in [1.29, 1.82) is 0 Å². The molecule has 0 spiro atoms. The molecule has 21 heavy (non-hydrogen) atoms. The van der Waals surface area contributed by atoms with E-state index < -0.39 is 5.54 Å². The minimum absolute atomic E-state index is 0.220. The standard InChI is InChI=1S/C15H19N3O3/c1-15(2,16)14(21)17-11-5-3-9(4-6-11)7-10-8-12(19)18-13(10)20/h3-6,10H,7-8,16H2,1-2H3,(H,17,21)(H,18,19,20). The van der Waals surface area contributed by atoms with Crippen LogP contribution in [0.2, 0.25) is 0 Å². The van der Waals surface area contributed by atoms with E-state index in [1.54, 1.807) is 26.0 Å². The fraction of sp³-hybridized carbons (Fsp3) is 0.400. The first-order valence-corrected chi connectivity index (χ1v) is 6.78. The molecule has 2 rings (SSSR count). The van der Waals surface area contributed by atoms with E-state index in [2.05, 4.69) is 10.6 Å². The van der Waals surface area contributed by atoms with Gasteiger partial charge < -0.3 is 11.1 Å². The molecule has 0 radical (unpaired) electrons. The van der Waals surface area contributed by atoms with Gasteiger partial charge in [0.05, 0.1) is 11.5 Å². The topological polar surface area (TPSA) is 101 Å². The van der Waals surface area contributed by atoms with Gasteiger partial charge in [-0.05, 0) is 38.0 Å². The number of hydrogen-bond donors (Lipinski definition) is 3. The third-order valence-electron chi connectivity index (χ3n) is 3.34. The first-order chi connectivity index (χ1) is 9.75. The van der Waals surface area contributed by atoms with Gasteiger partial charge in [-0.25, -0.2) is 0 Å². The van der Waals surface area contributed by atoms with Gasteiger partial charge in [0.1, 0.15) is 0 Å². The van der Waals surface area contributed by atoms with Gasteiger partial charge in [-0.2, -0.15) is 0 Å². The zero-order chi connectivity index (χ0) is 15.6. The van der Waals surface area contributed by atoms with E-state index in [9.17, 15) is 14.4 Å². The molecule has 1 aromatic rings. The molecule has 1 unspecified atom stereocenters. The zero-order valence-electron chi connectivity index (χ0n) is 12.1. The number of imide groups is 1. The van der Waals surface area contributed by atoms with E-state index in [4.69, 9.17) is 5.73 Å². The summed E-state index contributed by atoms with van der Waals surface area (Å²) in [5.41, 5.74) is 6.35. The average molecular weight is 289 g/mol. The molecule has 1 aliphatic rings. The number of hydrogen-bond acceptors (Lipinski definition) is 4. The highest BCUT2D eigenvalue weighted by Gasteiger charge is 2.30. The van der Waals surface area contributed by atoms with Crippen molar-refractivity contribution >= 4 is 23.4 Å². The van der Waals surface area contributed by atoms with Crippen LogP contribution in [-0.2, 0) is 20.8 Å². The first-order valence-electron chi connectivity index (χ1n) is 6.78. The lowest BCUT2D eigenvalue weighted by Crippen LogP contribution is -2.45. The second-order valence-corrected chi connectivity index (χ2v) is 5.89. The number of carbonyl (C=O) groups is 3. The summed E-state index contributed by atoms with van der Waals surface area (Å²) < 4.78 is 0. The van der Waals surface area contributed by atoms with E-state index >= 15 is 0 Å². The summed E-state index contributed by atoms with van der Waals surface area (Å²) >= 11 is 0. The second-order valence-electron chi connectivity index (χ2n) is 5.89. The minimum Gasteiger partial charge on any atom is -0.325 e. The van der Waals surface area contributed by atoms with Crippen molar-refractivity contribution in [3.05, 3.63) is 29.8 Å². The third kappa shape index (κ3) is 3.88. The lowest BCUT2D eigenvalue weighted by molar-refractivity contribution is -0.126. The summed E-state index contributed by atoms with van der Waals surface area (Å²) in [6.45, 7) is 3.26. The van der Waals surface area contributed by atoms with Crippen LogP contribution in [0.15, 0.2) is 24.3 Å². The summed E-state index contributed by atoms with van der Waals surface area (Å²) in [5.74, 6) is -1.02. The van der Waals surface area contributed by atoms with Crippen molar-refractivity contribution in [3.8, 4) is 0 Å². The van der Waals surface area contributed by atoms with Crippen LogP contribution in [0, 0.1) is 5.92 Å². The molecular weight excluding hydrogens is 270 g/mol. The van der Waals surface area contributed by atoms with Gasteiger partial charge in [0.15, 0.2) is 0 Å². The van der Waals surface area contributed by atoms with E-state index in [0.29, 0.717) is 12.1 Å². The second kappa shape index (κ2) is 5.65. The van der Waals surface area contributed by atoms with Crippen LogP contribution in [0.5, 0.6) is 0 Å². The molecule has 1 heterocycles. The van der Waals surface area contributed by atoms with E-state index in [1.807, 2.05) is 12.1 Å².